The van der Waals surface area contributed by atoms with Gasteiger partial charge in [0.15, 0.2) is 0 Å². The van der Waals surface area contributed by atoms with Gasteiger partial charge in [0.05, 0.1) is 12.1 Å². The number of nitrogens with one attached hydrogen (secondary N) is 3. The van der Waals surface area contributed by atoms with Crippen molar-refractivity contribution in [2.45, 2.75) is 25.9 Å². The SMILES string of the molecule is Cc1cnc(C2CNC(=O)[C@H](C)N2)[nH]1. The standard InChI is InChI=1S/C9H14N4O/c1-5-3-10-8(12-5)7-4-11-9(14)6(2)13-7/h3,6-7,13H,4H2,1-2H3,(H,10,12)(H,11,14)/t6-,7?/m0/s1. The summed E-state index contributed by atoms with van der Waals surface area (Å²) in [5, 5.41) is 6.02. The molecule has 1 aromatic heterocycles. The van der Waals surface area contributed by atoms with E-state index in [0.29, 0.717) is 6.54 Å². The molecule has 0 saturated carbocycles. The Morgan fingerprint density at radius 3 is 2.93 bits per heavy atom. The Bertz CT molecular complexity index is 346. The number of carbonyl (C=O) groups excluding carboxylic acids is 1. The van der Waals surface area contributed by atoms with Crippen LogP contribution in [0.4, 0.5) is 0 Å². The van der Waals surface area contributed by atoms with Crippen molar-refractivity contribution in [2.75, 3.05) is 6.54 Å². The summed E-state index contributed by atoms with van der Waals surface area (Å²) in [4.78, 5) is 18.6. The summed E-state index contributed by atoms with van der Waals surface area (Å²) >= 11 is 0. The fourth-order valence-corrected chi connectivity index (χ4v) is 1.58. The second kappa shape index (κ2) is 3.42. The van der Waals surface area contributed by atoms with Crippen molar-refractivity contribution in [1.29, 1.82) is 0 Å². The molecule has 1 saturated heterocycles. The molecule has 2 heterocycles. The van der Waals surface area contributed by atoms with Crippen LogP contribution in [0.2, 0.25) is 0 Å². The number of aromatic amines is 1. The number of nitrogens with zero attached hydrogens (tertiary/aromatic N) is 1. The van der Waals surface area contributed by atoms with E-state index in [1.807, 2.05) is 13.8 Å². The van der Waals surface area contributed by atoms with E-state index in [1.54, 1.807) is 6.20 Å². The van der Waals surface area contributed by atoms with Crippen molar-refractivity contribution in [3.8, 4) is 0 Å². The van der Waals surface area contributed by atoms with Crippen molar-refractivity contribution < 1.29 is 4.79 Å². The van der Waals surface area contributed by atoms with E-state index in [0.717, 1.165) is 11.5 Å². The van der Waals surface area contributed by atoms with Crippen molar-refractivity contribution in [2.24, 2.45) is 0 Å². The average Bonchev–Trinajstić information content (AvgIpc) is 2.57. The third-order valence-corrected chi connectivity index (χ3v) is 2.38. The lowest BCUT2D eigenvalue weighted by Crippen LogP contribution is -2.53. The summed E-state index contributed by atoms with van der Waals surface area (Å²) in [6, 6.07) is -0.0597. The van der Waals surface area contributed by atoms with Gasteiger partial charge >= 0.3 is 0 Å². The van der Waals surface area contributed by atoms with E-state index in [1.165, 1.54) is 0 Å². The normalized spacial score (nSPS) is 27.4. The van der Waals surface area contributed by atoms with Gasteiger partial charge in [-0.2, -0.15) is 0 Å². The Morgan fingerprint density at radius 2 is 2.36 bits per heavy atom. The van der Waals surface area contributed by atoms with Gasteiger partial charge in [0.2, 0.25) is 5.91 Å². The molecule has 0 bridgehead atoms. The first-order valence-corrected chi connectivity index (χ1v) is 4.72. The summed E-state index contributed by atoms with van der Waals surface area (Å²) in [6.45, 7) is 4.40. The van der Waals surface area contributed by atoms with Gasteiger partial charge < -0.3 is 10.3 Å². The minimum Gasteiger partial charge on any atom is -0.353 e. The maximum absolute atomic E-state index is 11.2. The van der Waals surface area contributed by atoms with Crippen LogP contribution in [0, 0.1) is 6.92 Å². The first-order valence-electron chi connectivity index (χ1n) is 4.72. The molecule has 1 aliphatic rings. The van der Waals surface area contributed by atoms with Crippen molar-refractivity contribution in [3.63, 3.8) is 0 Å². The molecule has 5 nitrogen and oxygen atoms in total. The number of imidazole rings is 1. The fourth-order valence-electron chi connectivity index (χ4n) is 1.58. The molecule has 1 aliphatic heterocycles. The maximum atomic E-state index is 11.2. The minimum atomic E-state index is -0.154. The zero-order valence-corrected chi connectivity index (χ0v) is 8.29. The molecule has 2 rings (SSSR count). The molecule has 0 aromatic carbocycles. The van der Waals surface area contributed by atoms with E-state index in [-0.39, 0.29) is 18.0 Å². The maximum Gasteiger partial charge on any atom is 0.236 e. The summed E-state index contributed by atoms with van der Waals surface area (Å²) in [6.07, 6.45) is 1.79. The van der Waals surface area contributed by atoms with Gasteiger partial charge in [-0.05, 0) is 13.8 Å². The van der Waals surface area contributed by atoms with E-state index in [2.05, 4.69) is 20.6 Å². The number of H-pyrrole nitrogens is 1. The highest BCUT2D eigenvalue weighted by Gasteiger charge is 2.26. The minimum absolute atomic E-state index is 0.0459. The highest BCUT2D eigenvalue weighted by Crippen LogP contribution is 2.11. The van der Waals surface area contributed by atoms with E-state index in [4.69, 9.17) is 0 Å². The molecular formula is C9H14N4O. The predicted octanol–water partition coefficient (Wildman–Crippen LogP) is -0.133. The van der Waals surface area contributed by atoms with Crippen LogP contribution in [0.25, 0.3) is 0 Å². The van der Waals surface area contributed by atoms with Crippen LogP contribution in [0.15, 0.2) is 6.20 Å². The molecule has 2 atom stereocenters. The van der Waals surface area contributed by atoms with E-state index in [9.17, 15) is 4.79 Å². The van der Waals surface area contributed by atoms with Gasteiger partial charge in [-0.15, -0.1) is 0 Å². The number of aryl methyl sites for hydroxylation is 1. The third-order valence-electron chi connectivity index (χ3n) is 2.38. The molecule has 3 N–H and O–H groups in total. The Labute approximate surface area is 82.3 Å². The summed E-state index contributed by atoms with van der Waals surface area (Å²) in [7, 11) is 0. The van der Waals surface area contributed by atoms with Crippen LogP contribution in [0.3, 0.4) is 0 Å². The van der Waals surface area contributed by atoms with Gasteiger partial charge in [0.25, 0.3) is 0 Å². The molecule has 76 valence electrons. The molecular weight excluding hydrogens is 180 g/mol. The highest BCUT2D eigenvalue weighted by atomic mass is 16.2. The van der Waals surface area contributed by atoms with Crippen LogP contribution in [-0.4, -0.2) is 28.5 Å². The van der Waals surface area contributed by atoms with Crippen LogP contribution in [-0.2, 0) is 4.79 Å². The molecule has 1 aromatic rings. The third kappa shape index (κ3) is 1.63. The van der Waals surface area contributed by atoms with Gasteiger partial charge in [0.1, 0.15) is 5.82 Å². The molecule has 0 radical (unpaired) electrons. The lowest BCUT2D eigenvalue weighted by atomic mass is 10.1. The number of amides is 1. The Kier molecular flexibility index (Phi) is 2.25. The lowest BCUT2D eigenvalue weighted by Gasteiger charge is -2.27. The zero-order chi connectivity index (χ0) is 10.1. The number of aromatic nitrogens is 2. The average molecular weight is 194 g/mol. The molecule has 1 fully saturated rings. The van der Waals surface area contributed by atoms with Gasteiger partial charge in [-0.3, -0.25) is 10.1 Å². The predicted molar refractivity (Wildman–Crippen MR) is 51.7 cm³/mol. The van der Waals surface area contributed by atoms with Gasteiger partial charge in [-0.25, -0.2) is 4.98 Å². The van der Waals surface area contributed by atoms with Gasteiger partial charge in [-0.1, -0.05) is 0 Å². The Morgan fingerprint density at radius 1 is 1.57 bits per heavy atom. The number of hydrogen-bond donors (Lipinski definition) is 3. The summed E-state index contributed by atoms with van der Waals surface area (Å²) in [5.41, 5.74) is 1.03. The second-order valence-electron chi connectivity index (χ2n) is 3.64. The first-order chi connectivity index (χ1) is 6.66. The topological polar surface area (TPSA) is 69.8 Å². The summed E-state index contributed by atoms with van der Waals surface area (Å²) < 4.78 is 0. The van der Waals surface area contributed by atoms with Crippen LogP contribution in [0.1, 0.15) is 24.5 Å². The summed E-state index contributed by atoms with van der Waals surface area (Å²) in [5.74, 6) is 0.930. The van der Waals surface area contributed by atoms with Crippen LogP contribution in [0.5, 0.6) is 0 Å². The molecule has 0 spiro atoms. The van der Waals surface area contributed by atoms with Crippen molar-refractivity contribution >= 4 is 5.91 Å². The zero-order valence-electron chi connectivity index (χ0n) is 8.29. The van der Waals surface area contributed by atoms with E-state index >= 15 is 0 Å². The highest BCUT2D eigenvalue weighted by molar-refractivity contribution is 5.82. The van der Waals surface area contributed by atoms with Gasteiger partial charge in [0, 0.05) is 18.4 Å². The van der Waals surface area contributed by atoms with Crippen molar-refractivity contribution in [1.82, 2.24) is 20.6 Å². The quantitative estimate of drug-likeness (QED) is 0.583. The van der Waals surface area contributed by atoms with Crippen LogP contribution < -0.4 is 10.6 Å². The molecule has 0 aliphatic carbocycles. The number of rotatable bonds is 1. The number of hydrogen-bond acceptors (Lipinski definition) is 3. The smallest absolute Gasteiger partial charge is 0.236 e. The molecule has 1 unspecified atom stereocenters. The Hall–Kier alpha value is -1.36. The largest absolute Gasteiger partial charge is 0.353 e. The molecule has 1 amide bonds. The molecule has 5 heteroatoms. The Balaban J connectivity index is 2.10. The molecule has 14 heavy (non-hydrogen) atoms. The monoisotopic (exact) mass is 194 g/mol. The van der Waals surface area contributed by atoms with Crippen LogP contribution >= 0.6 is 0 Å². The van der Waals surface area contributed by atoms with E-state index < -0.39 is 0 Å². The number of carbonyl (C=O) groups is 1. The fraction of sp³-hybridized carbons (Fsp3) is 0.556. The van der Waals surface area contributed by atoms with Crippen molar-refractivity contribution in [3.05, 3.63) is 17.7 Å². The first kappa shape index (κ1) is 9.21. The second-order valence-corrected chi connectivity index (χ2v) is 3.64. The number of piperazine rings is 1. The lowest BCUT2D eigenvalue weighted by molar-refractivity contribution is -0.124.